The van der Waals surface area contributed by atoms with Crippen molar-refractivity contribution in [3.63, 3.8) is 0 Å². The number of hydrogen-bond acceptors (Lipinski definition) is 3. The molecule has 0 bridgehead atoms. The first-order valence-corrected chi connectivity index (χ1v) is 4.79. The van der Waals surface area contributed by atoms with E-state index in [1.807, 2.05) is 0 Å². The molecule has 0 fully saturated rings. The molecule has 0 aliphatic rings. The molecule has 1 rings (SSSR count). The van der Waals surface area contributed by atoms with E-state index in [0.29, 0.717) is 13.2 Å². The lowest BCUT2D eigenvalue weighted by atomic mass is 10.1. The summed E-state index contributed by atoms with van der Waals surface area (Å²) in [7, 11) is 3.12. The van der Waals surface area contributed by atoms with Crippen molar-refractivity contribution in [3.8, 4) is 5.75 Å². The van der Waals surface area contributed by atoms with Crippen LogP contribution in [0.3, 0.4) is 0 Å². The van der Waals surface area contributed by atoms with E-state index in [2.05, 4.69) is 0 Å². The van der Waals surface area contributed by atoms with Gasteiger partial charge in [0.15, 0.2) is 0 Å². The van der Waals surface area contributed by atoms with Crippen LogP contribution in [0.5, 0.6) is 5.75 Å². The monoisotopic (exact) mass is 227 g/mol. The molecule has 0 aromatic heterocycles. The van der Waals surface area contributed by atoms with Gasteiger partial charge in [-0.15, -0.1) is 0 Å². The van der Waals surface area contributed by atoms with Crippen LogP contribution in [0.2, 0.25) is 0 Å². The highest BCUT2D eigenvalue weighted by Crippen LogP contribution is 2.19. The normalized spacial score (nSPS) is 10.2. The van der Waals surface area contributed by atoms with Crippen LogP contribution in [0.25, 0.3) is 0 Å². The molecule has 0 unspecified atom stereocenters. The van der Waals surface area contributed by atoms with E-state index in [9.17, 15) is 14.3 Å². The Morgan fingerprint density at radius 3 is 2.81 bits per heavy atom. The van der Waals surface area contributed by atoms with Crippen LogP contribution >= 0.6 is 0 Å². The number of phenols is 1. The summed E-state index contributed by atoms with van der Waals surface area (Å²) in [5.74, 6) is -1.29. The minimum absolute atomic E-state index is 0.0833. The van der Waals surface area contributed by atoms with Crippen molar-refractivity contribution >= 4 is 5.91 Å². The number of phenolic OH excluding ortho intramolecular Hbond substituents is 1. The van der Waals surface area contributed by atoms with E-state index in [-0.39, 0.29) is 17.2 Å². The number of aromatic hydroxyl groups is 1. The van der Waals surface area contributed by atoms with Gasteiger partial charge in [-0.2, -0.15) is 0 Å². The van der Waals surface area contributed by atoms with Crippen LogP contribution in [0.15, 0.2) is 18.2 Å². The van der Waals surface area contributed by atoms with Gasteiger partial charge in [0.05, 0.1) is 12.2 Å². The van der Waals surface area contributed by atoms with E-state index < -0.39 is 5.82 Å². The second-order valence-electron chi connectivity index (χ2n) is 3.38. The van der Waals surface area contributed by atoms with Crippen molar-refractivity contribution in [2.24, 2.45) is 0 Å². The molecule has 1 aromatic rings. The van der Waals surface area contributed by atoms with Gasteiger partial charge in [0.25, 0.3) is 5.91 Å². The molecular weight excluding hydrogens is 213 g/mol. The highest BCUT2D eigenvalue weighted by molar-refractivity contribution is 5.96. The Hall–Kier alpha value is -1.62. The molecular formula is C11H14FNO3. The quantitative estimate of drug-likeness (QED) is 0.842. The van der Waals surface area contributed by atoms with E-state index in [4.69, 9.17) is 4.74 Å². The number of nitrogens with zero attached hydrogens (tertiary/aromatic N) is 1. The van der Waals surface area contributed by atoms with E-state index in [1.165, 1.54) is 18.1 Å². The average Bonchev–Trinajstić information content (AvgIpc) is 2.25. The Morgan fingerprint density at radius 1 is 1.56 bits per heavy atom. The van der Waals surface area contributed by atoms with E-state index in [1.54, 1.807) is 7.05 Å². The summed E-state index contributed by atoms with van der Waals surface area (Å²) < 4.78 is 17.5. The van der Waals surface area contributed by atoms with Gasteiger partial charge in [-0.25, -0.2) is 4.39 Å². The number of halogens is 1. The summed E-state index contributed by atoms with van der Waals surface area (Å²) in [5, 5.41) is 9.42. The van der Waals surface area contributed by atoms with Crippen LogP contribution in [0, 0.1) is 5.82 Å². The van der Waals surface area contributed by atoms with Crippen LogP contribution in [-0.4, -0.2) is 43.2 Å². The Labute approximate surface area is 93.3 Å². The third kappa shape index (κ3) is 2.93. The third-order valence-corrected chi connectivity index (χ3v) is 2.17. The standard InChI is InChI=1S/C11H14FNO3/c1-13(5-6-16-2)11(15)9-4-3-8(12)7-10(9)14/h3-4,7,14H,5-6H2,1-2H3. The number of likely N-dealkylation sites (N-methyl/N-ethyl adjacent to an activating group) is 1. The largest absolute Gasteiger partial charge is 0.507 e. The molecule has 16 heavy (non-hydrogen) atoms. The molecule has 5 heteroatoms. The molecule has 0 spiro atoms. The second-order valence-corrected chi connectivity index (χ2v) is 3.38. The Bertz CT molecular complexity index is 381. The van der Waals surface area contributed by atoms with Crippen LogP contribution in [-0.2, 0) is 4.74 Å². The maximum Gasteiger partial charge on any atom is 0.257 e. The second kappa shape index (κ2) is 5.46. The number of hydrogen-bond donors (Lipinski definition) is 1. The highest BCUT2D eigenvalue weighted by atomic mass is 19.1. The number of carbonyl (C=O) groups excluding carboxylic acids is 1. The lowest BCUT2D eigenvalue weighted by molar-refractivity contribution is 0.0741. The van der Waals surface area contributed by atoms with Gasteiger partial charge in [-0.1, -0.05) is 0 Å². The summed E-state index contributed by atoms with van der Waals surface area (Å²) in [6.45, 7) is 0.816. The van der Waals surface area contributed by atoms with E-state index >= 15 is 0 Å². The van der Waals surface area contributed by atoms with Crippen molar-refractivity contribution in [1.82, 2.24) is 4.90 Å². The Kier molecular flexibility index (Phi) is 4.25. The minimum Gasteiger partial charge on any atom is -0.507 e. The summed E-state index contributed by atoms with van der Waals surface area (Å²) in [5.41, 5.74) is 0.0833. The third-order valence-electron chi connectivity index (χ3n) is 2.17. The summed E-state index contributed by atoms with van der Waals surface area (Å²) in [6.07, 6.45) is 0. The molecule has 0 aliphatic heterocycles. The number of ether oxygens (including phenoxy) is 1. The van der Waals surface area contributed by atoms with Crippen molar-refractivity contribution in [2.45, 2.75) is 0 Å². The molecule has 0 saturated carbocycles. The smallest absolute Gasteiger partial charge is 0.257 e. The van der Waals surface area contributed by atoms with Gasteiger partial charge in [0.1, 0.15) is 11.6 Å². The fraction of sp³-hybridized carbons (Fsp3) is 0.364. The fourth-order valence-corrected chi connectivity index (χ4v) is 1.22. The van der Waals surface area contributed by atoms with Gasteiger partial charge in [0.2, 0.25) is 0 Å². The first kappa shape index (κ1) is 12.4. The molecule has 1 aromatic carbocycles. The first-order chi connectivity index (χ1) is 7.56. The SMILES string of the molecule is COCCN(C)C(=O)c1ccc(F)cc1O. The molecule has 1 N–H and O–H groups in total. The average molecular weight is 227 g/mol. The Balaban J connectivity index is 2.79. The van der Waals surface area contributed by atoms with Crippen LogP contribution < -0.4 is 0 Å². The molecule has 0 radical (unpaired) electrons. The van der Waals surface area contributed by atoms with Crippen LogP contribution in [0.4, 0.5) is 4.39 Å². The van der Waals surface area contributed by atoms with Gasteiger partial charge in [-0.3, -0.25) is 4.79 Å². The summed E-state index contributed by atoms with van der Waals surface area (Å²) in [6, 6.07) is 3.31. The predicted octanol–water partition coefficient (Wildman–Crippen LogP) is 1.25. The van der Waals surface area contributed by atoms with Gasteiger partial charge < -0.3 is 14.7 Å². The maximum atomic E-state index is 12.7. The van der Waals surface area contributed by atoms with Crippen molar-refractivity contribution in [1.29, 1.82) is 0 Å². The lowest BCUT2D eigenvalue weighted by Crippen LogP contribution is -2.29. The number of benzene rings is 1. The zero-order valence-electron chi connectivity index (χ0n) is 9.24. The van der Waals surface area contributed by atoms with Crippen molar-refractivity contribution in [3.05, 3.63) is 29.6 Å². The van der Waals surface area contributed by atoms with Gasteiger partial charge in [0, 0.05) is 26.8 Å². The molecule has 0 heterocycles. The lowest BCUT2D eigenvalue weighted by Gasteiger charge is -2.17. The molecule has 0 saturated heterocycles. The number of rotatable bonds is 4. The summed E-state index contributed by atoms with van der Waals surface area (Å²) >= 11 is 0. The summed E-state index contributed by atoms with van der Waals surface area (Å²) in [4.78, 5) is 13.2. The van der Waals surface area contributed by atoms with Gasteiger partial charge in [-0.05, 0) is 12.1 Å². The number of amides is 1. The van der Waals surface area contributed by atoms with Gasteiger partial charge >= 0.3 is 0 Å². The maximum absolute atomic E-state index is 12.7. The molecule has 0 atom stereocenters. The van der Waals surface area contributed by atoms with Crippen molar-refractivity contribution in [2.75, 3.05) is 27.3 Å². The predicted molar refractivity (Wildman–Crippen MR) is 56.9 cm³/mol. The molecule has 4 nitrogen and oxygen atoms in total. The number of carbonyl (C=O) groups is 1. The minimum atomic E-state index is -0.575. The Morgan fingerprint density at radius 2 is 2.25 bits per heavy atom. The molecule has 88 valence electrons. The number of methoxy groups -OCH3 is 1. The van der Waals surface area contributed by atoms with Crippen molar-refractivity contribution < 1.29 is 19.0 Å². The topological polar surface area (TPSA) is 49.8 Å². The zero-order chi connectivity index (χ0) is 12.1. The zero-order valence-corrected chi connectivity index (χ0v) is 9.24. The molecule has 0 aliphatic carbocycles. The highest BCUT2D eigenvalue weighted by Gasteiger charge is 2.15. The fourth-order valence-electron chi connectivity index (χ4n) is 1.22. The molecule has 1 amide bonds. The van der Waals surface area contributed by atoms with E-state index in [0.717, 1.165) is 12.1 Å². The first-order valence-electron chi connectivity index (χ1n) is 4.79. The van der Waals surface area contributed by atoms with Crippen LogP contribution in [0.1, 0.15) is 10.4 Å².